The Morgan fingerprint density at radius 3 is 2.50 bits per heavy atom. The van der Waals surface area contributed by atoms with Gasteiger partial charge in [0.05, 0.1) is 11.3 Å². The SMILES string of the molecule is CC(C)N(CCNc1nccc(C(=O)O)c1N)C(C)C. The number of carboxylic acid groups (broad SMARTS) is 1. The molecule has 0 radical (unpaired) electrons. The van der Waals surface area contributed by atoms with Gasteiger partial charge in [0.1, 0.15) is 5.82 Å². The number of anilines is 2. The Kier molecular flexibility index (Phi) is 5.76. The van der Waals surface area contributed by atoms with Gasteiger partial charge in [-0.2, -0.15) is 0 Å². The van der Waals surface area contributed by atoms with Gasteiger partial charge < -0.3 is 16.2 Å². The molecule has 0 unspecified atom stereocenters. The van der Waals surface area contributed by atoms with E-state index in [4.69, 9.17) is 10.8 Å². The van der Waals surface area contributed by atoms with Crippen LogP contribution < -0.4 is 11.1 Å². The zero-order chi connectivity index (χ0) is 15.3. The van der Waals surface area contributed by atoms with E-state index in [1.54, 1.807) is 0 Å². The zero-order valence-corrected chi connectivity index (χ0v) is 12.6. The van der Waals surface area contributed by atoms with Crippen molar-refractivity contribution < 1.29 is 9.90 Å². The Morgan fingerprint density at radius 1 is 1.40 bits per heavy atom. The maximum Gasteiger partial charge on any atom is 0.337 e. The molecule has 1 rings (SSSR count). The highest BCUT2D eigenvalue weighted by Crippen LogP contribution is 2.19. The van der Waals surface area contributed by atoms with Crippen molar-refractivity contribution in [1.29, 1.82) is 0 Å². The predicted octanol–water partition coefficient (Wildman–Crippen LogP) is 1.89. The molecule has 0 saturated heterocycles. The Balaban J connectivity index is 2.67. The van der Waals surface area contributed by atoms with E-state index in [-0.39, 0.29) is 11.3 Å². The fraction of sp³-hybridized carbons (Fsp3) is 0.571. The number of nitrogens with two attached hydrogens (primary N) is 1. The van der Waals surface area contributed by atoms with Crippen LogP contribution in [-0.2, 0) is 0 Å². The van der Waals surface area contributed by atoms with E-state index in [1.165, 1.54) is 12.3 Å². The van der Waals surface area contributed by atoms with Crippen LogP contribution in [0.2, 0.25) is 0 Å². The van der Waals surface area contributed by atoms with Gasteiger partial charge in [-0.05, 0) is 33.8 Å². The Bertz CT molecular complexity index is 452. The van der Waals surface area contributed by atoms with Gasteiger partial charge in [-0.25, -0.2) is 9.78 Å². The van der Waals surface area contributed by atoms with E-state index in [2.05, 4.69) is 42.9 Å². The predicted molar refractivity (Wildman–Crippen MR) is 81.1 cm³/mol. The van der Waals surface area contributed by atoms with Gasteiger partial charge >= 0.3 is 5.97 Å². The number of aromatic nitrogens is 1. The molecular formula is C14H24N4O2. The number of nitrogens with one attached hydrogen (secondary N) is 1. The molecule has 0 bridgehead atoms. The summed E-state index contributed by atoms with van der Waals surface area (Å²) in [4.78, 5) is 17.4. The normalized spacial score (nSPS) is 11.3. The van der Waals surface area contributed by atoms with Crippen LogP contribution in [0.5, 0.6) is 0 Å². The Labute approximate surface area is 120 Å². The molecule has 0 amide bonds. The molecule has 1 heterocycles. The van der Waals surface area contributed by atoms with E-state index >= 15 is 0 Å². The van der Waals surface area contributed by atoms with Crippen molar-refractivity contribution in [3.8, 4) is 0 Å². The minimum atomic E-state index is -1.04. The second kappa shape index (κ2) is 7.09. The molecule has 0 fully saturated rings. The van der Waals surface area contributed by atoms with E-state index < -0.39 is 5.97 Å². The summed E-state index contributed by atoms with van der Waals surface area (Å²) in [5.74, 6) is -0.615. The van der Waals surface area contributed by atoms with Crippen molar-refractivity contribution in [1.82, 2.24) is 9.88 Å². The first kappa shape index (κ1) is 16.2. The molecule has 0 saturated carbocycles. The molecule has 6 heteroatoms. The molecule has 0 atom stereocenters. The number of rotatable bonds is 7. The van der Waals surface area contributed by atoms with Gasteiger partial charge in [-0.3, -0.25) is 4.90 Å². The highest BCUT2D eigenvalue weighted by molar-refractivity contribution is 5.96. The van der Waals surface area contributed by atoms with Crippen molar-refractivity contribution in [2.24, 2.45) is 0 Å². The molecule has 0 spiro atoms. The average Bonchev–Trinajstić information content (AvgIpc) is 2.34. The number of hydrogen-bond acceptors (Lipinski definition) is 5. The third-order valence-corrected chi connectivity index (χ3v) is 3.21. The maximum atomic E-state index is 11.0. The number of carboxylic acids is 1. The second-order valence-electron chi connectivity index (χ2n) is 5.28. The fourth-order valence-electron chi connectivity index (χ4n) is 2.22. The molecule has 4 N–H and O–H groups in total. The van der Waals surface area contributed by atoms with Gasteiger partial charge in [-0.1, -0.05) is 0 Å². The molecule has 6 nitrogen and oxygen atoms in total. The first-order valence-corrected chi connectivity index (χ1v) is 6.82. The molecular weight excluding hydrogens is 256 g/mol. The van der Waals surface area contributed by atoms with Gasteiger partial charge in [0, 0.05) is 31.4 Å². The van der Waals surface area contributed by atoms with Crippen LogP contribution in [0.25, 0.3) is 0 Å². The minimum Gasteiger partial charge on any atom is -0.478 e. The summed E-state index contributed by atoms with van der Waals surface area (Å²) < 4.78 is 0. The zero-order valence-electron chi connectivity index (χ0n) is 12.6. The summed E-state index contributed by atoms with van der Waals surface area (Å²) in [7, 11) is 0. The summed E-state index contributed by atoms with van der Waals surface area (Å²) in [5.41, 5.74) is 6.06. The van der Waals surface area contributed by atoms with Crippen molar-refractivity contribution in [2.75, 3.05) is 24.1 Å². The highest BCUT2D eigenvalue weighted by Gasteiger charge is 2.14. The third kappa shape index (κ3) is 4.09. The Morgan fingerprint density at radius 2 is 2.00 bits per heavy atom. The van der Waals surface area contributed by atoms with E-state index in [1.807, 2.05) is 0 Å². The Hall–Kier alpha value is -1.82. The quantitative estimate of drug-likeness (QED) is 0.706. The van der Waals surface area contributed by atoms with Crippen LogP contribution in [0, 0.1) is 0 Å². The summed E-state index contributed by atoms with van der Waals surface area (Å²) in [6.07, 6.45) is 1.45. The molecule has 0 aromatic carbocycles. The summed E-state index contributed by atoms with van der Waals surface area (Å²) in [6.45, 7) is 10.1. The number of carbonyl (C=O) groups is 1. The lowest BCUT2D eigenvalue weighted by Gasteiger charge is -2.30. The number of nitrogen functional groups attached to an aromatic ring is 1. The first-order valence-electron chi connectivity index (χ1n) is 6.82. The first-order chi connectivity index (χ1) is 9.34. The lowest BCUT2D eigenvalue weighted by molar-refractivity contribution is 0.0698. The summed E-state index contributed by atoms with van der Waals surface area (Å²) in [5, 5.41) is 12.1. The summed E-state index contributed by atoms with van der Waals surface area (Å²) in [6, 6.07) is 2.30. The van der Waals surface area contributed by atoms with Gasteiger partial charge in [0.15, 0.2) is 0 Å². The topological polar surface area (TPSA) is 91.5 Å². The van der Waals surface area contributed by atoms with Crippen molar-refractivity contribution in [2.45, 2.75) is 39.8 Å². The van der Waals surface area contributed by atoms with Crippen LogP contribution >= 0.6 is 0 Å². The van der Waals surface area contributed by atoms with Crippen LogP contribution in [-0.4, -0.2) is 46.1 Å². The second-order valence-corrected chi connectivity index (χ2v) is 5.28. The smallest absolute Gasteiger partial charge is 0.337 e. The largest absolute Gasteiger partial charge is 0.478 e. The monoisotopic (exact) mass is 280 g/mol. The van der Waals surface area contributed by atoms with Gasteiger partial charge in [0.25, 0.3) is 0 Å². The molecule has 0 aliphatic heterocycles. The van der Waals surface area contributed by atoms with E-state index in [0.717, 1.165) is 6.54 Å². The fourth-order valence-corrected chi connectivity index (χ4v) is 2.22. The lowest BCUT2D eigenvalue weighted by Crippen LogP contribution is -2.40. The van der Waals surface area contributed by atoms with Crippen molar-refractivity contribution >= 4 is 17.5 Å². The average molecular weight is 280 g/mol. The molecule has 112 valence electrons. The highest BCUT2D eigenvalue weighted by atomic mass is 16.4. The number of hydrogen-bond donors (Lipinski definition) is 3. The van der Waals surface area contributed by atoms with Crippen molar-refractivity contribution in [3.05, 3.63) is 17.8 Å². The molecule has 1 aromatic heterocycles. The minimum absolute atomic E-state index is 0.0760. The van der Waals surface area contributed by atoms with E-state index in [0.29, 0.717) is 24.4 Å². The molecule has 1 aromatic rings. The van der Waals surface area contributed by atoms with Gasteiger partial charge in [-0.15, -0.1) is 0 Å². The standard InChI is InChI=1S/C14H24N4O2/c1-9(2)18(10(3)4)8-7-17-13-12(15)11(14(19)20)5-6-16-13/h5-6,9-10H,7-8,15H2,1-4H3,(H,16,17)(H,19,20). The number of pyridine rings is 1. The van der Waals surface area contributed by atoms with Crippen LogP contribution in [0.3, 0.4) is 0 Å². The third-order valence-electron chi connectivity index (χ3n) is 3.21. The lowest BCUT2D eigenvalue weighted by atomic mass is 10.2. The molecule has 0 aliphatic carbocycles. The van der Waals surface area contributed by atoms with E-state index in [9.17, 15) is 4.79 Å². The maximum absolute atomic E-state index is 11.0. The number of aromatic carboxylic acids is 1. The van der Waals surface area contributed by atoms with Crippen LogP contribution in [0.1, 0.15) is 38.1 Å². The van der Waals surface area contributed by atoms with Gasteiger partial charge in [0.2, 0.25) is 0 Å². The molecule has 20 heavy (non-hydrogen) atoms. The van der Waals surface area contributed by atoms with Crippen LogP contribution in [0.4, 0.5) is 11.5 Å². The van der Waals surface area contributed by atoms with Crippen LogP contribution in [0.15, 0.2) is 12.3 Å². The van der Waals surface area contributed by atoms with Crippen molar-refractivity contribution in [3.63, 3.8) is 0 Å². The number of nitrogens with zero attached hydrogens (tertiary/aromatic N) is 2. The molecule has 0 aliphatic rings. The summed E-state index contributed by atoms with van der Waals surface area (Å²) >= 11 is 0.